The van der Waals surface area contributed by atoms with E-state index in [0.29, 0.717) is 0 Å². The summed E-state index contributed by atoms with van der Waals surface area (Å²) in [5.74, 6) is 1.42. The Morgan fingerprint density at radius 3 is 1.14 bits per heavy atom. The van der Waals surface area contributed by atoms with Crippen molar-refractivity contribution >= 4 is 23.2 Å². The van der Waals surface area contributed by atoms with E-state index in [1.807, 2.05) is 0 Å². The number of rotatable bonds is 0. The molecule has 0 aliphatic carbocycles. The standard InChI is InChI=1S/C4H9.CH2Cl2/c1-4(2)3;2-1-3/h1-3H3;1H2. The molecule has 0 fully saturated rings. The summed E-state index contributed by atoms with van der Waals surface area (Å²) >= 11 is 9.53. The second-order valence-electron chi connectivity index (χ2n) is 1.60. The normalized spacial score (nSPS) is 7.71. The van der Waals surface area contributed by atoms with Crippen LogP contribution in [-0.2, 0) is 0 Å². The molecule has 0 unspecified atom stereocenters. The Bertz CT molecular complexity index is 17.3. The number of hydrogen-bond acceptors (Lipinski definition) is 0. The third-order valence-corrected chi connectivity index (χ3v) is 0. The van der Waals surface area contributed by atoms with Crippen LogP contribution in [0.25, 0.3) is 0 Å². The monoisotopic (exact) mass is 141 g/mol. The molecule has 0 aliphatic heterocycles. The highest BCUT2D eigenvalue weighted by Gasteiger charge is 1.69. The quantitative estimate of drug-likeness (QED) is 0.456. The molecule has 1 radical (unpaired) electrons. The molecule has 0 aromatic rings. The van der Waals surface area contributed by atoms with E-state index in [2.05, 4.69) is 20.8 Å². The third kappa shape index (κ3) is 410. The van der Waals surface area contributed by atoms with Crippen molar-refractivity contribution in [2.24, 2.45) is 0 Å². The summed E-state index contributed by atoms with van der Waals surface area (Å²) in [7, 11) is 0. The molecule has 0 aromatic heterocycles. The molecule has 0 saturated heterocycles. The molecule has 45 valence electrons. The Labute approximate surface area is 55.8 Å². The van der Waals surface area contributed by atoms with E-state index in [9.17, 15) is 0 Å². The maximum atomic E-state index is 4.76. The van der Waals surface area contributed by atoms with E-state index in [0.717, 1.165) is 0 Å². The molecule has 0 amide bonds. The number of hydrogen-bond donors (Lipinski definition) is 0. The molecule has 0 heterocycles. The highest BCUT2D eigenvalue weighted by molar-refractivity contribution is 6.40. The van der Waals surface area contributed by atoms with Crippen molar-refractivity contribution in [2.75, 3.05) is 5.34 Å². The highest BCUT2D eigenvalue weighted by atomic mass is 35.5. The third-order valence-electron chi connectivity index (χ3n) is 0. The fraction of sp³-hybridized carbons (Fsp3) is 0.800. The molecule has 7 heavy (non-hydrogen) atoms. The van der Waals surface area contributed by atoms with Crippen molar-refractivity contribution in [3.05, 3.63) is 5.92 Å². The van der Waals surface area contributed by atoms with Gasteiger partial charge in [0.2, 0.25) is 0 Å². The van der Waals surface area contributed by atoms with Crippen LogP contribution in [0.15, 0.2) is 0 Å². The van der Waals surface area contributed by atoms with Gasteiger partial charge in [0.05, 0.1) is 5.34 Å². The second-order valence-corrected chi connectivity index (χ2v) is 2.41. The zero-order chi connectivity index (χ0) is 6.28. The summed E-state index contributed by atoms with van der Waals surface area (Å²) in [6.07, 6.45) is 0. The van der Waals surface area contributed by atoms with Crippen molar-refractivity contribution in [1.82, 2.24) is 0 Å². The van der Waals surface area contributed by atoms with Gasteiger partial charge in [-0.2, -0.15) is 0 Å². The van der Waals surface area contributed by atoms with Gasteiger partial charge in [-0.25, -0.2) is 0 Å². The van der Waals surface area contributed by atoms with Crippen LogP contribution in [0.3, 0.4) is 0 Å². The van der Waals surface area contributed by atoms with Gasteiger partial charge in [0.1, 0.15) is 0 Å². The second kappa shape index (κ2) is 9.77. The fourth-order valence-electron chi connectivity index (χ4n) is 0. The van der Waals surface area contributed by atoms with Crippen molar-refractivity contribution in [3.63, 3.8) is 0 Å². The van der Waals surface area contributed by atoms with Gasteiger partial charge in [-0.1, -0.05) is 20.8 Å². The van der Waals surface area contributed by atoms with Crippen LogP contribution < -0.4 is 0 Å². The van der Waals surface area contributed by atoms with Gasteiger partial charge in [0, 0.05) is 0 Å². The Morgan fingerprint density at radius 1 is 1.14 bits per heavy atom. The molecule has 0 N–H and O–H groups in total. The summed E-state index contributed by atoms with van der Waals surface area (Å²) in [6, 6.07) is 0. The van der Waals surface area contributed by atoms with Crippen molar-refractivity contribution in [1.29, 1.82) is 0 Å². The molecule has 0 atom stereocenters. The predicted octanol–water partition coefficient (Wildman–Crippen LogP) is 3.04. The van der Waals surface area contributed by atoms with Crippen LogP contribution >= 0.6 is 23.2 Å². The maximum Gasteiger partial charge on any atom is 0.0967 e. The Hall–Kier alpha value is 0.580. The van der Waals surface area contributed by atoms with Crippen molar-refractivity contribution in [2.45, 2.75) is 20.8 Å². The van der Waals surface area contributed by atoms with Crippen molar-refractivity contribution < 1.29 is 0 Å². The van der Waals surface area contributed by atoms with Crippen LogP contribution in [0.2, 0.25) is 0 Å². The summed E-state index contributed by atoms with van der Waals surface area (Å²) in [5.41, 5.74) is 0. The topological polar surface area (TPSA) is 0 Å². The first-order valence-electron chi connectivity index (χ1n) is 2.03. The Morgan fingerprint density at radius 2 is 1.14 bits per heavy atom. The maximum absolute atomic E-state index is 4.76. The molecular formula is C5H11Cl2. The number of alkyl halides is 2. The van der Waals surface area contributed by atoms with E-state index in [1.54, 1.807) is 0 Å². The van der Waals surface area contributed by atoms with E-state index in [-0.39, 0.29) is 5.34 Å². The lowest BCUT2D eigenvalue weighted by Gasteiger charge is -1.78. The van der Waals surface area contributed by atoms with Gasteiger partial charge in [-0.3, -0.25) is 0 Å². The molecule has 0 aliphatic rings. The van der Waals surface area contributed by atoms with Gasteiger partial charge in [0.25, 0.3) is 0 Å². The zero-order valence-electron chi connectivity index (χ0n) is 4.96. The summed E-state index contributed by atoms with van der Waals surface area (Å²) < 4.78 is 0. The van der Waals surface area contributed by atoms with Crippen LogP contribution in [0.1, 0.15) is 20.8 Å². The first-order valence-corrected chi connectivity index (χ1v) is 3.10. The molecule has 2 heteroatoms. The minimum atomic E-state index is 0.194. The minimum Gasteiger partial charge on any atom is -0.109 e. The van der Waals surface area contributed by atoms with Crippen LogP contribution in [0.4, 0.5) is 0 Å². The highest BCUT2D eigenvalue weighted by Crippen LogP contribution is 1.85. The summed E-state index contributed by atoms with van der Waals surface area (Å²) in [6.45, 7) is 6.25. The van der Waals surface area contributed by atoms with Gasteiger partial charge in [-0.15, -0.1) is 23.2 Å². The van der Waals surface area contributed by atoms with Gasteiger partial charge >= 0.3 is 0 Å². The minimum absolute atomic E-state index is 0.194. The lowest BCUT2D eigenvalue weighted by atomic mass is 10.3. The van der Waals surface area contributed by atoms with E-state index in [1.165, 1.54) is 5.92 Å². The largest absolute Gasteiger partial charge is 0.109 e. The van der Waals surface area contributed by atoms with E-state index >= 15 is 0 Å². The van der Waals surface area contributed by atoms with Crippen LogP contribution in [0.5, 0.6) is 0 Å². The van der Waals surface area contributed by atoms with Gasteiger partial charge < -0.3 is 0 Å². The number of halogens is 2. The van der Waals surface area contributed by atoms with Crippen LogP contribution in [-0.4, -0.2) is 5.34 Å². The first kappa shape index (κ1) is 10.5. The molecule has 0 nitrogen and oxygen atoms in total. The molecule has 0 rings (SSSR count). The Balaban J connectivity index is 0. The SMILES string of the molecule is C[C](C)C.ClCCl. The van der Waals surface area contributed by atoms with Gasteiger partial charge in [0.15, 0.2) is 0 Å². The zero-order valence-corrected chi connectivity index (χ0v) is 6.47. The molecule has 0 spiro atoms. The van der Waals surface area contributed by atoms with E-state index < -0.39 is 0 Å². The van der Waals surface area contributed by atoms with Gasteiger partial charge in [-0.05, 0) is 5.92 Å². The summed E-state index contributed by atoms with van der Waals surface area (Å²) in [5, 5.41) is 0.194. The van der Waals surface area contributed by atoms with Crippen LogP contribution in [0, 0.1) is 5.92 Å². The Kier molecular flexibility index (Phi) is 14.7. The molecule has 0 saturated carbocycles. The molecular weight excluding hydrogens is 131 g/mol. The average molecular weight is 142 g/mol. The van der Waals surface area contributed by atoms with E-state index in [4.69, 9.17) is 23.2 Å². The predicted molar refractivity (Wildman–Crippen MR) is 36.8 cm³/mol. The first-order chi connectivity index (χ1) is 3.15. The lowest BCUT2D eigenvalue weighted by Crippen LogP contribution is -1.62. The lowest BCUT2D eigenvalue weighted by molar-refractivity contribution is 1.10. The summed E-state index contributed by atoms with van der Waals surface area (Å²) in [4.78, 5) is 0. The van der Waals surface area contributed by atoms with Crippen molar-refractivity contribution in [3.8, 4) is 0 Å². The molecule has 0 bridgehead atoms. The fourth-order valence-corrected chi connectivity index (χ4v) is 0. The molecule has 0 aromatic carbocycles. The smallest absolute Gasteiger partial charge is 0.0967 e. The average Bonchev–Trinajstić information content (AvgIpc) is 1.33.